The van der Waals surface area contributed by atoms with Crippen LogP contribution < -0.4 is 0 Å². The Morgan fingerprint density at radius 3 is 0.609 bits per heavy atom. The van der Waals surface area contributed by atoms with Crippen molar-refractivity contribution >= 4 is 17.9 Å². The molecule has 0 radical (unpaired) electrons. The molecule has 0 aliphatic carbocycles. The molecule has 87 heavy (non-hydrogen) atoms. The molecular weight excluding hydrogens is 1130 g/mol. The van der Waals surface area contributed by atoms with Gasteiger partial charge in [-0.15, -0.1) is 0 Å². The molecule has 0 spiro atoms. The third-order valence-corrected chi connectivity index (χ3v) is 12.9. The molecule has 3 atom stereocenters. The Balaban J connectivity index is -0.000000185. The Bertz CT molecular complexity index is 1210. The highest BCUT2D eigenvalue weighted by Gasteiger charge is 2.05. The summed E-state index contributed by atoms with van der Waals surface area (Å²) in [5, 5.41) is 151. The first-order chi connectivity index (χ1) is 41.7. The molecular formula is C66H134O21. The van der Waals surface area contributed by atoms with Crippen molar-refractivity contribution in [1.82, 2.24) is 0 Å². The Kier molecular flexibility index (Phi) is 97.9. The summed E-state index contributed by atoms with van der Waals surface area (Å²) in [5.41, 5.74) is 0. The second-order valence-electron chi connectivity index (χ2n) is 21.8. The van der Waals surface area contributed by atoms with Crippen LogP contribution in [0, 0.1) is 0 Å². The third kappa shape index (κ3) is 111. The van der Waals surface area contributed by atoms with E-state index in [2.05, 4.69) is 57.2 Å². The zero-order valence-electron chi connectivity index (χ0n) is 54.5. The molecule has 21 heteroatoms. The minimum atomic E-state index is -0.954. The second kappa shape index (κ2) is 87.2. The molecule has 0 saturated heterocycles. The average molecular weight is 1260 g/mol. The predicted molar refractivity (Wildman–Crippen MR) is 346 cm³/mol. The van der Waals surface area contributed by atoms with Crippen molar-refractivity contribution in [1.29, 1.82) is 0 Å². The summed E-state index contributed by atoms with van der Waals surface area (Å²) in [4.78, 5) is 31.0. The zero-order chi connectivity index (χ0) is 67.3. The van der Waals surface area contributed by atoms with E-state index in [0.29, 0.717) is 19.3 Å². The van der Waals surface area contributed by atoms with Gasteiger partial charge in [0.2, 0.25) is 0 Å². The standard InChI is InChI=1S/3C18H34O3.4C3H8O3/c3*1-2-3-4-11-14-17(19)15-12-9-7-5-6-8-10-13-16-18(20)21;4*4-1-3(6)2-5/h3*9,12,17,19H,2-8,10-11,13-16H2,1H3,(H,20,21);4*3-6H,1-2H2/b3*12-9-;;;;/t3*17-;;;;/m111..../s1. The lowest BCUT2D eigenvalue weighted by atomic mass is 10.1. The summed E-state index contributed by atoms with van der Waals surface area (Å²) in [7, 11) is 0. The van der Waals surface area contributed by atoms with Crippen molar-refractivity contribution in [3.8, 4) is 0 Å². The summed E-state index contributed by atoms with van der Waals surface area (Å²) < 4.78 is 0. The topological polar surface area (TPSA) is 415 Å². The highest BCUT2D eigenvalue weighted by molar-refractivity contribution is 5.67. The van der Waals surface area contributed by atoms with Crippen LogP contribution in [0.15, 0.2) is 36.5 Å². The first-order valence-electron chi connectivity index (χ1n) is 33.0. The average Bonchev–Trinajstić information content (AvgIpc) is 3.51. The lowest BCUT2D eigenvalue weighted by molar-refractivity contribution is -0.138. The molecule has 0 unspecified atom stereocenters. The predicted octanol–water partition coefficient (Wildman–Crippen LogP) is 8.57. The summed E-state index contributed by atoms with van der Waals surface area (Å²) in [6.07, 6.45) is 48.3. The van der Waals surface area contributed by atoms with Gasteiger partial charge in [0.05, 0.1) is 71.2 Å². The van der Waals surface area contributed by atoms with Crippen LogP contribution in [0.4, 0.5) is 0 Å². The van der Waals surface area contributed by atoms with Crippen LogP contribution in [0.5, 0.6) is 0 Å². The van der Waals surface area contributed by atoms with Crippen molar-refractivity contribution in [2.24, 2.45) is 0 Å². The highest BCUT2D eigenvalue weighted by atomic mass is 16.4. The molecule has 21 nitrogen and oxygen atoms in total. The van der Waals surface area contributed by atoms with Gasteiger partial charge >= 0.3 is 17.9 Å². The number of aliphatic hydroxyl groups is 15. The fraction of sp³-hybridized carbons (Fsp3) is 0.864. The van der Waals surface area contributed by atoms with E-state index in [-0.39, 0.29) is 71.2 Å². The number of allylic oxidation sites excluding steroid dienone is 3. The van der Waals surface area contributed by atoms with Crippen LogP contribution in [0.3, 0.4) is 0 Å². The largest absolute Gasteiger partial charge is 0.481 e. The molecule has 0 amide bonds. The van der Waals surface area contributed by atoms with Gasteiger partial charge in [-0.3, -0.25) is 14.4 Å². The van der Waals surface area contributed by atoms with Gasteiger partial charge in [-0.2, -0.15) is 0 Å². The molecule has 0 heterocycles. The number of unbranched alkanes of at least 4 members (excludes halogenated alkanes) is 24. The number of hydrogen-bond donors (Lipinski definition) is 18. The molecule has 0 fully saturated rings. The smallest absolute Gasteiger partial charge is 0.303 e. The Morgan fingerprint density at radius 2 is 0.437 bits per heavy atom. The molecule has 524 valence electrons. The number of aliphatic carboxylic acids is 3. The van der Waals surface area contributed by atoms with Gasteiger partial charge in [0.1, 0.15) is 24.4 Å². The molecule has 0 saturated carbocycles. The van der Waals surface area contributed by atoms with E-state index in [4.69, 9.17) is 76.6 Å². The lowest BCUT2D eigenvalue weighted by Crippen LogP contribution is -2.15. The number of aliphatic hydroxyl groups excluding tert-OH is 15. The van der Waals surface area contributed by atoms with E-state index < -0.39 is 42.3 Å². The molecule has 0 aromatic rings. The normalized spacial score (nSPS) is 12.1. The van der Waals surface area contributed by atoms with Crippen LogP contribution in [0.25, 0.3) is 0 Å². The number of rotatable bonds is 53. The van der Waals surface area contributed by atoms with Crippen molar-refractivity contribution in [2.75, 3.05) is 52.9 Å². The maximum Gasteiger partial charge on any atom is 0.303 e. The molecule has 0 aliphatic rings. The first kappa shape index (κ1) is 97.6. The monoisotopic (exact) mass is 1260 g/mol. The van der Waals surface area contributed by atoms with Crippen molar-refractivity contribution in [3.05, 3.63) is 36.5 Å². The van der Waals surface area contributed by atoms with E-state index in [1.54, 1.807) is 0 Å². The van der Waals surface area contributed by atoms with E-state index in [9.17, 15) is 29.7 Å². The van der Waals surface area contributed by atoms with Gasteiger partial charge in [-0.25, -0.2) is 0 Å². The minimum Gasteiger partial charge on any atom is -0.481 e. The number of carbonyl (C=O) groups is 3. The van der Waals surface area contributed by atoms with Gasteiger partial charge in [-0.1, -0.05) is 192 Å². The SMILES string of the molecule is CCCCCC[C@@H](O)C/C=C\CCCCCCCC(=O)O.CCCCCC[C@@H](O)C/C=C\CCCCCCCC(=O)O.CCCCCC[C@@H](O)C/C=C\CCCCCCCC(=O)O.OCC(O)CO.OCC(O)CO.OCC(O)CO.OCC(O)CO. The fourth-order valence-electron chi connectivity index (χ4n) is 7.32. The van der Waals surface area contributed by atoms with Gasteiger partial charge in [0, 0.05) is 19.3 Å². The molecule has 0 rings (SSSR count). The Morgan fingerprint density at radius 1 is 0.253 bits per heavy atom. The Labute approximate surface area is 525 Å². The van der Waals surface area contributed by atoms with Crippen LogP contribution in [0.2, 0.25) is 0 Å². The third-order valence-electron chi connectivity index (χ3n) is 12.9. The van der Waals surface area contributed by atoms with Crippen molar-refractivity contribution in [2.45, 2.75) is 314 Å². The fourth-order valence-corrected chi connectivity index (χ4v) is 7.32. The van der Waals surface area contributed by atoms with Crippen LogP contribution in [-0.2, 0) is 14.4 Å². The second-order valence-corrected chi connectivity index (χ2v) is 21.8. The van der Waals surface area contributed by atoms with E-state index >= 15 is 0 Å². The van der Waals surface area contributed by atoms with Crippen LogP contribution in [-0.4, -0.2) is 205 Å². The molecule has 18 N–H and O–H groups in total. The zero-order valence-corrected chi connectivity index (χ0v) is 54.5. The Hall–Kier alpha value is -2.97. The van der Waals surface area contributed by atoms with Gasteiger partial charge in [-0.05, 0) is 96.3 Å². The minimum absolute atomic E-state index is 0.172. The number of carboxylic acid groups (broad SMARTS) is 3. The van der Waals surface area contributed by atoms with E-state index in [1.165, 1.54) is 77.0 Å². The maximum atomic E-state index is 10.3. The highest BCUT2D eigenvalue weighted by Crippen LogP contribution is 2.14. The van der Waals surface area contributed by atoms with Crippen LogP contribution >= 0.6 is 0 Å². The summed E-state index contributed by atoms with van der Waals surface area (Å²) in [5.74, 6) is -2.07. The molecule has 0 aliphatic heterocycles. The van der Waals surface area contributed by atoms with Crippen molar-refractivity contribution in [3.63, 3.8) is 0 Å². The van der Waals surface area contributed by atoms with Gasteiger partial charge in [0.25, 0.3) is 0 Å². The number of hydrogen-bond acceptors (Lipinski definition) is 18. The lowest BCUT2D eigenvalue weighted by Gasteiger charge is -2.07. The molecule has 0 aromatic heterocycles. The van der Waals surface area contributed by atoms with Crippen LogP contribution in [0.1, 0.15) is 271 Å². The summed E-state index contributed by atoms with van der Waals surface area (Å²) in [6.45, 7) is 3.68. The number of carboxylic acids is 3. The first-order valence-corrected chi connectivity index (χ1v) is 33.0. The maximum absolute atomic E-state index is 10.3. The van der Waals surface area contributed by atoms with Crippen molar-refractivity contribution < 1.29 is 106 Å². The quantitative estimate of drug-likeness (QED) is 0.0200. The molecule has 0 bridgehead atoms. The molecule has 0 aromatic carbocycles. The van der Waals surface area contributed by atoms with Gasteiger partial charge in [0.15, 0.2) is 0 Å². The van der Waals surface area contributed by atoms with Gasteiger partial charge < -0.3 is 91.9 Å². The van der Waals surface area contributed by atoms with E-state index in [0.717, 1.165) is 154 Å². The summed E-state index contributed by atoms with van der Waals surface area (Å²) >= 11 is 0. The van der Waals surface area contributed by atoms with E-state index in [1.807, 2.05) is 0 Å². The summed E-state index contributed by atoms with van der Waals surface area (Å²) in [6, 6.07) is 0.